The molecule has 9 heavy (non-hydrogen) atoms. The molecule has 0 spiro atoms. The second-order valence-corrected chi connectivity index (χ2v) is 2.25. The summed E-state index contributed by atoms with van der Waals surface area (Å²) in [5, 5.41) is 0. The van der Waals surface area contributed by atoms with Gasteiger partial charge in [0.2, 0.25) is 0 Å². The second kappa shape index (κ2) is 2.29. The Kier molecular flexibility index (Phi) is 1.65. The van der Waals surface area contributed by atoms with Gasteiger partial charge < -0.3 is 0 Å². The fourth-order valence-corrected chi connectivity index (χ4v) is 0.993. The van der Waals surface area contributed by atoms with Crippen molar-refractivity contribution in [2.24, 2.45) is 9.98 Å². The molecular formula is C7H12N2. The molecule has 0 aromatic rings. The molecule has 0 saturated heterocycles. The number of rotatable bonds is 2. The van der Waals surface area contributed by atoms with Crippen molar-refractivity contribution in [3.8, 4) is 0 Å². The second-order valence-electron chi connectivity index (χ2n) is 2.25. The van der Waals surface area contributed by atoms with Crippen LogP contribution in [0, 0.1) is 0 Å². The Balaban J connectivity index is 2.69. The summed E-state index contributed by atoms with van der Waals surface area (Å²) in [6.07, 6.45) is 5.59. The van der Waals surface area contributed by atoms with Gasteiger partial charge in [-0.2, -0.15) is 0 Å². The van der Waals surface area contributed by atoms with E-state index in [9.17, 15) is 0 Å². The third-order valence-corrected chi connectivity index (χ3v) is 1.83. The number of hydrogen-bond donors (Lipinski definition) is 0. The van der Waals surface area contributed by atoms with Crippen LogP contribution >= 0.6 is 0 Å². The van der Waals surface area contributed by atoms with Gasteiger partial charge in [0.25, 0.3) is 0 Å². The van der Waals surface area contributed by atoms with Crippen LogP contribution in [-0.2, 0) is 0 Å². The molecule has 0 N–H and O–H groups in total. The van der Waals surface area contributed by atoms with Crippen LogP contribution in [0.3, 0.4) is 0 Å². The molecule has 0 amide bonds. The van der Waals surface area contributed by atoms with Crippen LogP contribution in [0.15, 0.2) is 9.98 Å². The maximum Gasteiger partial charge on any atom is 0.149 e. The Labute approximate surface area is 55.7 Å². The molecule has 50 valence electrons. The predicted molar refractivity (Wildman–Crippen MR) is 40.3 cm³/mol. The predicted octanol–water partition coefficient (Wildman–Crippen LogP) is 1.66. The molecule has 2 heteroatoms. The van der Waals surface area contributed by atoms with Crippen LogP contribution in [-0.4, -0.2) is 18.1 Å². The molecule has 0 saturated carbocycles. The van der Waals surface area contributed by atoms with Gasteiger partial charge >= 0.3 is 0 Å². The van der Waals surface area contributed by atoms with Gasteiger partial charge in [-0.25, -0.2) is 0 Å². The van der Waals surface area contributed by atoms with Gasteiger partial charge in [0, 0.05) is 12.4 Å². The van der Waals surface area contributed by atoms with E-state index < -0.39 is 0 Å². The van der Waals surface area contributed by atoms with Crippen LogP contribution in [0.25, 0.3) is 0 Å². The molecule has 1 aliphatic heterocycles. The Hall–Kier alpha value is -0.660. The molecule has 0 aromatic heterocycles. The summed E-state index contributed by atoms with van der Waals surface area (Å²) in [7, 11) is 0. The molecule has 0 radical (unpaired) electrons. The summed E-state index contributed by atoms with van der Waals surface area (Å²) in [5.41, 5.74) is -0.0833. The highest BCUT2D eigenvalue weighted by atomic mass is 15.1. The molecule has 0 atom stereocenters. The van der Waals surface area contributed by atoms with Crippen LogP contribution in [0.5, 0.6) is 0 Å². The number of aliphatic imine (C=N–C) groups is 2. The summed E-state index contributed by atoms with van der Waals surface area (Å²) in [4.78, 5) is 8.51. The first-order chi connectivity index (χ1) is 4.33. The Morgan fingerprint density at radius 3 is 1.78 bits per heavy atom. The molecule has 2 nitrogen and oxygen atoms in total. The van der Waals surface area contributed by atoms with Crippen molar-refractivity contribution in [3.63, 3.8) is 0 Å². The zero-order valence-electron chi connectivity index (χ0n) is 5.96. The molecule has 0 bridgehead atoms. The highest BCUT2D eigenvalue weighted by molar-refractivity contribution is 6.17. The smallest absolute Gasteiger partial charge is 0.149 e. The fraction of sp³-hybridized carbons (Fsp3) is 0.714. The van der Waals surface area contributed by atoms with Crippen molar-refractivity contribution < 1.29 is 0 Å². The SMILES string of the molecule is CCC1(CC)N=CC=N1. The maximum atomic E-state index is 4.26. The Morgan fingerprint density at radius 1 is 1.11 bits per heavy atom. The minimum atomic E-state index is -0.0833. The van der Waals surface area contributed by atoms with Gasteiger partial charge in [0.1, 0.15) is 5.66 Å². The Bertz CT molecular complexity index is 129. The van der Waals surface area contributed by atoms with E-state index in [0.29, 0.717) is 0 Å². The summed E-state index contributed by atoms with van der Waals surface area (Å²) < 4.78 is 0. The molecule has 1 aliphatic rings. The van der Waals surface area contributed by atoms with Crippen LogP contribution < -0.4 is 0 Å². The third-order valence-electron chi connectivity index (χ3n) is 1.83. The van der Waals surface area contributed by atoms with Gasteiger partial charge in [-0.1, -0.05) is 13.8 Å². The Morgan fingerprint density at radius 2 is 1.56 bits per heavy atom. The number of hydrogen-bond acceptors (Lipinski definition) is 2. The van der Waals surface area contributed by atoms with E-state index in [1.54, 1.807) is 12.4 Å². The lowest BCUT2D eigenvalue weighted by molar-refractivity contribution is 0.430. The average Bonchev–Trinajstić information content (AvgIpc) is 2.36. The van der Waals surface area contributed by atoms with E-state index >= 15 is 0 Å². The van der Waals surface area contributed by atoms with Gasteiger partial charge in [-0.05, 0) is 12.8 Å². The van der Waals surface area contributed by atoms with E-state index in [2.05, 4.69) is 23.8 Å². The molecular weight excluding hydrogens is 112 g/mol. The molecule has 0 aliphatic carbocycles. The minimum Gasteiger partial charge on any atom is -0.262 e. The third kappa shape index (κ3) is 1.02. The van der Waals surface area contributed by atoms with Crippen molar-refractivity contribution in [1.82, 2.24) is 0 Å². The molecule has 0 unspecified atom stereocenters. The van der Waals surface area contributed by atoms with Crippen LogP contribution in [0.2, 0.25) is 0 Å². The summed E-state index contributed by atoms with van der Waals surface area (Å²) in [6.45, 7) is 4.23. The van der Waals surface area contributed by atoms with Crippen molar-refractivity contribution in [3.05, 3.63) is 0 Å². The average molecular weight is 124 g/mol. The minimum absolute atomic E-state index is 0.0833. The highest BCUT2D eigenvalue weighted by Gasteiger charge is 2.23. The van der Waals surface area contributed by atoms with Gasteiger partial charge in [0.05, 0.1) is 0 Å². The van der Waals surface area contributed by atoms with Crippen LogP contribution in [0.4, 0.5) is 0 Å². The van der Waals surface area contributed by atoms with Gasteiger partial charge in [-0.3, -0.25) is 9.98 Å². The van der Waals surface area contributed by atoms with E-state index in [0.717, 1.165) is 12.8 Å². The normalized spacial score (nSPS) is 21.1. The summed E-state index contributed by atoms with van der Waals surface area (Å²) in [6, 6.07) is 0. The highest BCUT2D eigenvalue weighted by Crippen LogP contribution is 2.23. The molecule has 1 rings (SSSR count). The van der Waals surface area contributed by atoms with Crippen molar-refractivity contribution in [1.29, 1.82) is 0 Å². The zero-order chi connectivity index (χ0) is 6.74. The molecule has 0 fully saturated rings. The number of nitrogens with zero attached hydrogens (tertiary/aromatic N) is 2. The summed E-state index contributed by atoms with van der Waals surface area (Å²) >= 11 is 0. The topological polar surface area (TPSA) is 24.7 Å². The first-order valence-electron chi connectivity index (χ1n) is 3.42. The maximum absolute atomic E-state index is 4.26. The lowest BCUT2D eigenvalue weighted by Crippen LogP contribution is -2.18. The van der Waals surface area contributed by atoms with E-state index in [4.69, 9.17) is 0 Å². The van der Waals surface area contributed by atoms with Gasteiger partial charge in [0.15, 0.2) is 0 Å². The van der Waals surface area contributed by atoms with E-state index in [1.165, 1.54) is 0 Å². The van der Waals surface area contributed by atoms with Crippen molar-refractivity contribution >= 4 is 12.4 Å². The fourth-order valence-electron chi connectivity index (χ4n) is 0.993. The molecule has 0 aromatic carbocycles. The quantitative estimate of drug-likeness (QED) is 0.535. The monoisotopic (exact) mass is 124 g/mol. The summed E-state index contributed by atoms with van der Waals surface area (Å²) in [5.74, 6) is 0. The lowest BCUT2D eigenvalue weighted by Gasteiger charge is -2.17. The van der Waals surface area contributed by atoms with Crippen molar-refractivity contribution in [2.45, 2.75) is 32.4 Å². The van der Waals surface area contributed by atoms with Gasteiger partial charge in [-0.15, -0.1) is 0 Å². The largest absolute Gasteiger partial charge is 0.262 e. The molecule has 1 heterocycles. The standard InChI is InChI=1S/C7H12N2/c1-3-7(4-2)8-5-6-9-7/h5-6H,3-4H2,1-2H3. The first-order valence-corrected chi connectivity index (χ1v) is 3.42. The first kappa shape index (κ1) is 6.46. The van der Waals surface area contributed by atoms with E-state index in [1.807, 2.05) is 0 Å². The lowest BCUT2D eigenvalue weighted by atomic mass is 10.1. The van der Waals surface area contributed by atoms with Crippen LogP contribution in [0.1, 0.15) is 26.7 Å². The van der Waals surface area contributed by atoms with E-state index in [-0.39, 0.29) is 5.66 Å². The zero-order valence-corrected chi connectivity index (χ0v) is 5.96. The van der Waals surface area contributed by atoms with Crippen molar-refractivity contribution in [2.75, 3.05) is 0 Å².